The fourth-order valence-corrected chi connectivity index (χ4v) is 4.34. The molecule has 0 spiro atoms. The number of hydrogen-bond donors (Lipinski definition) is 1. The highest BCUT2D eigenvalue weighted by molar-refractivity contribution is 7.09. The van der Waals surface area contributed by atoms with E-state index in [4.69, 9.17) is 0 Å². The van der Waals surface area contributed by atoms with Gasteiger partial charge in [-0.05, 0) is 57.9 Å². The number of aryl methyl sites for hydroxylation is 1. The summed E-state index contributed by atoms with van der Waals surface area (Å²) in [5, 5.41) is 6.26. The Morgan fingerprint density at radius 3 is 2.78 bits per heavy atom. The van der Waals surface area contributed by atoms with Gasteiger partial charge in [0.15, 0.2) is 0 Å². The molecular weight excluding hydrogens is 354 g/mol. The topological polar surface area (TPSA) is 46.9 Å². The minimum Gasteiger partial charge on any atom is -0.352 e. The molecule has 146 valence electrons. The van der Waals surface area contributed by atoms with Gasteiger partial charge in [0.05, 0.1) is 22.0 Å². The zero-order chi connectivity index (χ0) is 19.4. The van der Waals surface area contributed by atoms with Gasteiger partial charge in [0.25, 0.3) is 5.91 Å². The van der Waals surface area contributed by atoms with E-state index in [-0.39, 0.29) is 5.91 Å². The molecule has 1 aliphatic carbocycles. The van der Waals surface area contributed by atoms with Gasteiger partial charge in [-0.15, -0.1) is 11.3 Å². The molecule has 0 saturated carbocycles. The Kier molecular flexibility index (Phi) is 6.53. The van der Waals surface area contributed by atoms with Gasteiger partial charge in [-0.2, -0.15) is 0 Å². The van der Waals surface area contributed by atoms with Crippen LogP contribution in [-0.4, -0.2) is 22.0 Å². The molecule has 3 rings (SSSR count). The van der Waals surface area contributed by atoms with Crippen LogP contribution < -0.4 is 5.32 Å². The Hall–Kier alpha value is -1.88. The summed E-state index contributed by atoms with van der Waals surface area (Å²) in [5.41, 5.74) is 5.31. The predicted molar refractivity (Wildman–Crippen MR) is 113 cm³/mol. The highest BCUT2D eigenvalue weighted by Crippen LogP contribution is 2.28. The van der Waals surface area contributed by atoms with E-state index in [1.165, 1.54) is 31.3 Å². The molecule has 27 heavy (non-hydrogen) atoms. The Balaban J connectivity index is 1.76. The van der Waals surface area contributed by atoms with Gasteiger partial charge < -0.3 is 9.88 Å². The Bertz CT molecular complexity index is 829. The van der Waals surface area contributed by atoms with Crippen LogP contribution in [0.5, 0.6) is 0 Å². The van der Waals surface area contributed by atoms with Gasteiger partial charge in [-0.3, -0.25) is 4.79 Å². The molecule has 0 saturated heterocycles. The average molecular weight is 386 g/mol. The normalized spacial score (nSPS) is 14.5. The number of nitrogens with zero attached hydrogens (tertiary/aromatic N) is 2. The van der Waals surface area contributed by atoms with Crippen LogP contribution in [0.1, 0.15) is 67.0 Å². The number of hydrogen-bond acceptors (Lipinski definition) is 3. The van der Waals surface area contributed by atoms with E-state index in [0.717, 1.165) is 40.6 Å². The molecular formula is C22H31N3OS. The largest absolute Gasteiger partial charge is 0.352 e. The SMILES string of the molecule is Cc1nc(-c2cc(C(=O)NCCC3=CCCCC3)c(C)n2CC(C)C)cs1. The maximum absolute atomic E-state index is 12.8. The van der Waals surface area contributed by atoms with Crippen molar-refractivity contribution < 1.29 is 4.79 Å². The molecule has 0 bridgehead atoms. The van der Waals surface area contributed by atoms with Crippen molar-refractivity contribution in [2.75, 3.05) is 6.54 Å². The number of rotatable bonds is 7. The lowest BCUT2D eigenvalue weighted by Crippen LogP contribution is -2.25. The second kappa shape index (κ2) is 8.87. The lowest BCUT2D eigenvalue weighted by molar-refractivity contribution is 0.0953. The van der Waals surface area contributed by atoms with Gasteiger partial charge in [0.1, 0.15) is 0 Å². The molecule has 2 heterocycles. The first kappa shape index (κ1) is 19.9. The molecule has 0 fully saturated rings. The molecule has 4 nitrogen and oxygen atoms in total. The summed E-state index contributed by atoms with van der Waals surface area (Å²) < 4.78 is 2.25. The second-order valence-electron chi connectivity index (χ2n) is 7.90. The van der Waals surface area contributed by atoms with Crippen LogP contribution in [0.2, 0.25) is 0 Å². The summed E-state index contributed by atoms with van der Waals surface area (Å²) in [6.07, 6.45) is 8.28. The zero-order valence-electron chi connectivity index (χ0n) is 17.0. The number of thiazole rings is 1. The van der Waals surface area contributed by atoms with Crippen LogP contribution in [0, 0.1) is 19.8 Å². The maximum Gasteiger partial charge on any atom is 0.253 e. The molecule has 2 aromatic rings. The molecule has 5 heteroatoms. The third-order valence-electron chi connectivity index (χ3n) is 5.16. The zero-order valence-corrected chi connectivity index (χ0v) is 17.8. The van der Waals surface area contributed by atoms with Gasteiger partial charge in [-0.25, -0.2) is 4.98 Å². The van der Waals surface area contributed by atoms with Crippen molar-refractivity contribution in [2.45, 2.75) is 66.3 Å². The van der Waals surface area contributed by atoms with Crippen molar-refractivity contribution in [1.82, 2.24) is 14.9 Å². The number of carbonyl (C=O) groups is 1. The second-order valence-corrected chi connectivity index (χ2v) is 8.96. The van der Waals surface area contributed by atoms with E-state index in [0.29, 0.717) is 12.5 Å². The van der Waals surface area contributed by atoms with Crippen LogP contribution in [0.4, 0.5) is 0 Å². The molecule has 0 radical (unpaired) electrons. The number of allylic oxidation sites excluding steroid dienone is 1. The Labute approximate surface area is 166 Å². The van der Waals surface area contributed by atoms with E-state index in [1.54, 1.807) is 11.3 Å². The van der Waals surface area contributed by atoms with E-state index in [9.17, 15) is 4.79 Å². The van der Waals surface area contributed by atoms with Crippen molar-refractivity contribution in [3.63, 3.8) is 0 Å². The first-order valence-corrected chi connectivity index (χ1v) is 10.9. The van der Waals surface area contributed by atoms with Crippen molar-refractivity contribution in [2.24, 2.45) is 5.92 Å². The quantitative estimate of drug-likeness (QED) is 0.639. The molecule has 0 aromatic carbocycles. The van der Waals surface area contributed by atoms with E-state index in [1.807, 2.05) is 19.9 Å². The van der Waals surface area contributed by atoms with Crippen LogP contribution in [0.3, 0.4) is 0 Å². The highest BCUT2D eigenvalue weighted by Gasteiger charge is 2.20. The van der Waals surface area contributed by atoms with E-state index < -0.39 is 0 Å². The number of aromatic nitrogens is 2. The minimum atomic E-state index is 0.0274. The predicted octanol–water partition coefficient (Wildman–Crippen LogP) is 5.50. The summed E-state index contributed by atoms with van der Waals surface area (Å²) in [7, 11) is 0. The third-order valence-corrected chi connectivity index (χ3v) is 5.93. The van der Waals surface area contributed by atoms with Gasteiger partial charge in [-0.1, -0.05) is 25.5 Å². The van der Waals surface area contributed by atoms with Gasteiger partial charge in [0, 0.05) is 24.2 Å². The number of nitrogens with one attached hydrogen (secondary N) is 1. The fourth-order valence-electron chi connectivity index (χ4n) is 3.73. The first-order valence-electron chi connectivity index (χ1n) is 10.0. The van der Waals surface area contributed by atoms with E-state index >= 15 is 0 Å². The molecule has 0 aliphatic heterocycles. The van der Waals surface area contributed by atoms with Crippen molar-refractivity contribution in [3.8, 4) is 11.4 Å². The standard InChI is InChI=1S/C22H31N3OS/c1-15(2)13-25-16(3)19(12-21(25)20-14-27-17(4)24-20)22(26)23-11-10-18-8-6-5-7-9-18/h8,12,14-15H,5-7,9-11,13H2,1-4H3,(H,23,26). The minimum absolute atomic E-state index is 0.0274. The molecule has 2 aromatic heterocycles. The molecule has 1 aliphatic rings. The summed E-state index contributed by atoms with van der Waals surface area (Å²) in [6, 6.07) is 2.02. The lowest BCUT2D eigenvalue weighted by Gasteiger charge is -2.14. The molecule has 0 atom stereocenters. The van der Waals surface area contributed by atoms with Gasteiger partial charge >= 0.3 is 0 Å². The van der Waals surface area contributed by atoms with Crippen molar-refractivity contribution >= 4 is 17.2 Å². The summed E-state index contributed by atoms with van der Waals surface area (Å²) >= 11 is 1.65. The molecule has 1 amide bonds. The first-order chi connectivity index (χ1) is 13.0. The maximum atomic E-state index is 12.8. The average Bonchev–Trinajstić information content (AvgIpc) is 3.20. The number of amides is 1. The smallest absolute Gasteiger partial charge is 0.253 e. The summed E-state index contributed by atoms with van der Waals surface area (Å²) in [4.78, 5) is 17.5. The Morgan fingerprint density at radius 2 is 2.15 bits per heavy atom. The monoisotopic (exact) mass is 385 g/mol. The third kappa shape index (κ3) is 4.89. The van der Waals surface area contributed by atoms with E-state index in [2.05, 4.69) is 40.2 Å². The van der Waals surface area contributed by atoms with Crippen LogP contribution in [0.15, 0.2) is 23.1 Å². The molecule has 1 N–H and O–H groups in total. The van der Waals surface area contributed by atoms with Gasteiger partial charge in [0.2, 0.25) is 0 Å². The highest BCUT2D eigenvalue weighted by atomic mass is 32.1. The Morgan fingerprint density at radius 1 is 1.33 bits per heavy atom. The summed E-state index contributed by atoms with van der Waals surface area (Å²) in [5.74, 6) is 0.531. The number of carbonyl (C=O) groups excluding carboxylic acids is 1. The van der Waals surface area contributed by atoms with Crippen molar-refractivity contribution in [3.05, 3.63) is 39.4 Å². The van der Waals surface area contributed by atoms with Crippen LogP contribution in [0.25, 0.3) is 11.4 Å². The van der Waals surface area contributed by atoms with Crippen LogP contribution in [-0.2, 0) is 6.54 Å². The lowest BCUT2D eigenvalue weighted by atomic mass is 9.97. The van der Waals surface area contributed by atoms with Crippen LogP contribution >= 0.6 is 11.3 Å². The fraction of sp³-hybridized carbons (Fsp3) is 0.545. The van der Waals surface area contributed by atoms with Crippen molar-refractivity contribution in [1.29, 1.82) is 0 Å². The summed E-state index contributed by atoms with van der Waals surface area (Å²) in [6.45, 7) is 10.1. The molecule has 0 unspecified atom stereocenters.